The molecular formula is C20H19N3O3. The van der Waals surface area contributed by atoms with Gasteiger partial charge in [-0.1, -0.05) is 30.3 Å². The van der Waals surface area contributed by atoms with E-state index in [1.54, 1.807) is 44.2 Å². The summed E-state index contributed by atoms with van der Waals surface area (Å²) in [6.45, 7) is 3.70. The SMILES string of the molecule is CCOC(=O)C1=C(C)Nc2ccccc2N=C1NC(=O)c1ccccc1. The molecule has 0 radical (unpaired) electrons. The highest BCUT2D eigenvalue weighted by Gasteiger charge is 2.26. The molecule has 2 N–H and O–H groups in total. The molecule has 1 heterocycles. The third-order valence-electron chi connectivity index (χ3n) is 3.82. The monoisotopic (exact) mass is 349 g/mol. The normalized spacial score (nSPS) is 13.1. The largest absolute Gasteiger partial charge is 0.462 e. The molecular weight excluding hydrogens is 330 g/mol. The number of amides is 1. The quantitative estimate of drug-likeness (QED) is 0.832. The Balaban J connectivity index is 2.04. The molecule has 26 heavy (non-hydrogen) atoms. The number of ether oxygens (including phenoxy) is 1. The van der Waals surface area contributed by atoms with Gasteiger partial charge in [0.2, 0.25) is 0 Å². The van der Waals surface area contributed by atoms with Crippen LogP contribution in [0.1, 0.15) is 24.2 Å². The fraction of sp³-hybridized carbons (Fsp3) is 0.150. The van der Waals surface area contributed by atoms with Crippen molar-refractivity contribution in [3.63, 3.8) is 0 Å². The summed E-state index contributed by atoms with van der Waals surface area (Å²) in [6.07, 6.45) is 0. The highest BCUT2D eigenvalue weighted by atomic mass is 16.5. The average molecular weight is 349 g/mol. The summed E-state index contributed by atoms with van der Waals surface area (Å²) in [4.78, 5) is 29.6. The zero-order chi connectivity index (χ0) is 18.5. The lowest BCUT2D eigenvalue weighted by atomic mass is 10.1. The maximum Gasteiger partial charge on any atom is 0.343 e. The standard InChI is InChI=1S/C20H19N3O3/c1-3-26-20(25)17-13(2)21-15-11-7-8-12-16(15)22-18(17)23-19(24)14-9-5-4-6-10-14/h4-12,21H,3H2,1-2H3,(H,22,23,24). The second-order valence-electron chi connectivity index (χ2n) is 5.64. The van der Waals surface area contributed by atoms with Crippen molar-refractivity contribution in [1.29, 1.82) is 0 Å². The Kier molecular flexibility index (Phi) is 5.12. The molecule has 3 rings (SSSR count). The molecule has 1 amide bonds. The van der Waals surface area contributed by atoms with Crippen molar-refractivity contribution in [3.05, 3.63) is 71.4 Å². The molecule has 132 valence electrons. The van der Waals surface area contributed by atoms with Crippen LogP contribution < -0.4 is 10.6 Å². The van der Waals surface area contributed by atoms with Gasteiger partial charge in [-0.2, -0.15) is 0 Å². The summed E-state index contributed by atoms with van der Waals surface area (Å²) in [5.41, 5.74) is 2.60. The van der Waals surface area contributed by atoms with Crippen LogP contribution in [0.15, 0.2) is 70.9 Å². The Bertz CT molecular complexity index is 902. The fourth-order valence-corrected chi connectivity index (χ4v) is 2.61. The number of hydrogen-bond donors (Lipinski definition) is 2. The first-order chi connectivity index (χ1) is 12.6. The van der Waals surface area contributed by atoms with Gasteiger partial charge in [-0.25, -0.2) is 9.79 Å². The minimum Gasteiger partial charge on any atom is -0.462 e. The lowest BCUT2D eigenvalue weighted by molar-refractivity contribution is -0.137. The van der Waals surface area contributed by atoms with Crippen molar-refractivity contribution in [1.82, 2.24) is 5.32 Å². The molecule has 2 aromatic rings. The number of allylic oxidation sites excluding steroid dienone is 1. The first kappa shape index (κ1) is 17.4. The van der Waals surface area contributed by atoms with Crippen LogP contribution in [0.5, 0.6) is 0 Å². The third kappa shape index (κ3) is 3.64. The first-order valence-corrected chi connectivity index (χ1v) is 8.29. The van der Waals surface area contributed by atoms with Gasteiger partial charge in [0.15, 0.2) is 0 Å². The van der Waals surface area contributed by atoms with Gasteiger partial charge in [0, 0.05) is 11.3 Å². The van der Waals surface area contributed by atoms with Crippen molar-refractivity contribution >= 4 is 29.1 Å². The summed E-state index contributed by atoms with van der Waals surface area (Å²) in [6, 6.07) is 16.1. The van der Waals surface area contributed by atoms with Gasteiger partial charge < -0.3 is 15.4 Å². The second kappa shape index (κ2) is 7.65. The van der Waals surface area contributed by atoms with E-state index in [1.165, 1.54) is 0 Å². The van der Waals surface area contributed by atoms with E-state index in [2.05, 4.69) is 15.6 Å². The average Bonchev–Trinajstić information content (AvgIpc) is 2.77. The molecule has 0 fully saturated rings. The van der Waals surface area contributed by atoms with Crippen molar-refractivity contribution in [2.24, 2.45) is 4.99 Å². The van der Waals surface area contributed by atoms with Crippen molar-refractivity contribution in [2.45, 2.75) is 13.8 Å². The van der Waals surface area contributed by atoms with Gasteiger partial charge in [-0.15, -0.1) is 0 Å². The van der Waals surface area contributed by atoms with Gasteiger partial charge in [0.1, 0.15) is 11.4 Å². The Morgan fingerprint density at radius 3 is 2.50 bits per heavy atom. The fourth-order valence-electron chi connectivity index (χ4n) is 2.61. The molecule has 0 spiro atoms. The molecule has 6 nitrogen and oxygen atoms in total. The van der Waals surface area contributed by atoms with E-state index in [0.717, 1.165) is 5.69 Å². The molecule has 6 heteroatoms. The minimum absolute atomic E-state index is 0.159. The van der Waals surface area contributed by atoms with Gasteiger partial charge in [-0.3, -0.25) is 4.79 Å². The Labute approximate surface area is 151 Å². The van der Waals surface area contributed by atoms with Crippen LogP contribution in [0.3, 0.4) is 0 Å². The number of nitrogens with one attached hydrogen (secondary N) is 2. The van der Waals surface area contributed by atoms with Crippen LogP contribution in [0.4, 0.5) is 11.4 Å². The van der Waals surface area contributed by atoms with Gasteiger partial charge >= 0.3 is 5.97 Å². The lowest BCUT2D eigenvalue weighted by Gasteiger charge is -2.13. The van der Waals surface area contributed by atoms with Crippen LogP contribution in [-0.2, 0) is 9.53 Å². The number of anilines is 1. The lowest BCUT2D eigenvalue weighted by Crippen LogP contribution is -2.35. The number of nitrogens with zero attached hydrogens (tertiary/aromatic N) is 1. The van der Waals surface area contributed by atoms with Crippen LogP contribution >= 0.6 is 0 Å². The topological polar surface area (TPSA) is 79.8 Å². The van der Waals surface area contributed by atoms with Crippen LogP contribution in [0.2, 0.25) is 0 Å². The number of para-hydroxylation sites is 2. The Hall–Kier alpha value is -3.41. The number of carbonyl (C=O) groups excluding carboxylic acids is 2. The van der Waals surface area contributed by atoms with E-state index in [4.69, 9.17) is 4.74 Å². The van der Waals surface area contributed by atoms with Crippen LogP contribution in [0.25, 0.3) is 0 Å². The van der Waals surface area contributed by atoms with E-state index in [0.29, 0.717) is 16.9 Å². The molecule has 1 aliphatic heterocycles. The molecule has 0 saturated heterocycles. The number of amidine groups is 1. The zero-order valence-corrected chi connectivity index (χ0v) is 14.6. The van der Waals surface area contributed by atoms with Gasteiger partial charge in [0.05, 0.1) is 18.0 Å². The van der Waals surface area contributed by atoms with Crippen molar-refractivity contribution in [3.8, 4) is 0 Å². The van der Waals surface area contributed by atoms with Gasteiger partial charge in [0.25, 0.3) is 5.91 Å². The molecule has 0 saturated carbocycles. The smallest absolute Gasteiger partial charge is 0.343 e. The van der Waals surface area contributed by atoms with Crippen molar-refractivity contribution in [2.75, 3.05) is 11.9 Å². The number of fused-ring (bicyclic) bond motifs is 1. The Morgan fingerprint density at radius 2 is 1.77 bits per heavy atom. The van der Waals surface area contributed by atoms with Crippen LogP contribution in [0, 0.1) is 0 Å². The highest BCUT2D eigenvalue weighted by Crippen LogP contribution is 2.30. The summed E-state index contributed by atoms with van der Waals surface area (Å²) in [5, 5.41) is 5.92. The Morgan fingerprint density at radius 1 is 1.08 bits per heavy atom. The van der Waals surface area contributed by atoms with Crippen LogP contribution in [-0.4, -0.2) is 24.3 Å². The summed E-state index contributed by atoms with van der Waals surface area (Å²) < 4.78 is 5.15. The van der Waals surface area contributed by atoms with Gasteiger partial charge in [-0.05, 0) is 38.1 Å². The molecule has 1 aliphatic rings. The molecule has 0 bridgehead atoms. The summed E-state index contributed by atoms with van der Waals surface area (Å²) in [7, 11) is 0. The molecule has 0 atom stereocenters. The summed E-state index contributed by atoms with van der Waals surface area (Å²) >= 11 is 0. The second-order valence-corrected chi connectivity index (χ2v) is 5.64. The van der Waals surface area contributed by atoms with E-state index < -0.39 is 5.97 Å². The third-order valence-corrected chi connectivity index (χ3v) is 3.82. The minimum atomic E-state index is -0.544. The maximum atomic E-state index is 12.6. The highest BCUT2D eigenvalue weighted by molar-refractivity contribution is 6.25. The predicted molar refractivity (Wildman–Crippen MR) is 100 cm³/mol. The number of benzene rings is 2. The molecule has 0 unspecified atom stereocenters. The zero-order valence-electron chi connectivity index (χ0n) is 14.6. The molecule has 0 aromatic heterocycles. The van der Waals surface area contributed by atoms with E-state index in [1.807, 2.05) is 24.3 Å². The number of carbonyl (C=O) groups is 2. The number of aliphatic imine (C=N–C) groups is 1. The number of rotatable bonds is 3. The maximum absolute atomic E-state index is 12.6. The molecule has 0 aliphatic carbocycles. The number of esters is 1. The van der Waals surface area contributed by atoms with E-state index >= 15 is 0 Å². The summed E-state index contributed by atoms with van der Waals surface area (Å²) in [5.74, 6) is -0.733. The number of hydrogen-bond acceptors (Lipinski definition) is 5. The molecule has 2 aromatic carbocycles. The predicted octanol–water partition coefficient (Wildman–Crippen LogP) is 3.41. The first-order valence-electron chi connectivity index (χ1n) is 8.29. The van der Waals surface area contributed by atoms with Crippen molar-refractivity contribution < 1.29 is 14.3 Å². The van der Waals surface area contributed by atoms with E-state index in [-0.39, 0.29) is 23.9 Å². The van der Waals surface area contributed by atoms with E-state index in [9.17, 15) is 9.59 Å².